The van der Waals surface area contributed by atoms with Gasteiger partial charge in [-0.2, -0.15) is 5.10 Å². The molecule has 4 nitrogen and oxygen atoms in total. The predicted octanol–water partition coefficient (Wildman–Crippen LogP) is 1.76. The topological polar surface area (TPSA) is 47.3 Å². The number of aliphatic hydroxyl groups excluding tert-OH is 1. The number of nitrogens with zero attached hydrogens (tertiary/aromatic N) is 2. The van der Waals surface area contributed by atoms with Gasteiger partial charge in [-0.25, -0.2) is 0 Å². The van der Waals surface area contributed by atoms with Gasteiger partial charge in [-0.15, -0.1) is 0 Å². The molecule has 0 fully saturated rings. The molecule has 1 heterocycles. The van der Waals surface area contributed by atoms with Crippen molar-refractivity contribution in [3.05, 3.63) is 30.0 Å². The van der Waals surface area contributed by atoms with Crippen molar-refractivity contribution in [2.45, 2.75) is 19.4 Å². The van der Waals surface area contributed by atoms with E-state index in [2.05, 4.69) is 5.10 Å². The molecule has 18 heavy (non-hydrogen) atoms. The highest BCUT2D eigenvalue weighted by Crippen LogP contribution is 2.20. The summed E-state index contributed by atoms with van der Waals surface area (Å²) in [6.45, 7) is 2.55. The van der Waals surface area contributed by atoms with Gasteiger partial charge in [0, 0.05) is 31.9 Å². The molecule has 2 atom stereocenters. The summed E-state index contributed by atoms with van der Waals surface area (Å²) >= 11 is 0. The van der Waals surface area contributed by atoms with Crippen LogP contribution in [0.25, 0.3) is 10.9 Å². The van der Waals surface area contributed by atoms with Gasteiger partial charge in [0.1, 0.15) is 0 Å². The normalized spacial score (nSPS) is 14.9. The average molecular weight is 248 g/mol. The van der Waals surface area contributed by atoms with Crippen LogP contribution in [0.15, 0.2) is 24.3 Å². The van der Waals surface area contributed by atoms with E-state index in [-0.39, 0.29) is 5.92 Å². The molecule has 1 N–H and O–H groups in total. The van der Waals surface area contributed by atoms with Crippen molar-refractivity contribution in [3.63, 3.8) is 0 Å². The molecular formula is C14H20N2O2. The zero-order valence-electron chi connectivity index (χ0n) is 11.1. The largest absolute Gasteiger partial charge is 0.392 e. The number of benzene rings is 1. The maximum absolute atomic E-state index is 10.1. The van der Waals surface area contributed by atoms with E-state index < -0.39 is 6.10 Å². The Hall–Kier alpha value is -1.39. The molecule has 0 radical (unpaired) electrons. The van der Waals surface area contributed by atoms with Crippen molar-refractivity contribution < 1.29 is 9.84 Å². The van der Waals surface area contributed by atoms with Crippen LogP contribution in [0, 0.1) is 5.92 Å². The Balaban J connectivity index is 2.21. The van der Waals surface area contributed by atoms with Crippen molar-refractivity contribution in [3.8, 4) is 0 Å². The van der Waals surface area contributed by atoms with Crippen molar-refractivity contribution in [1.82, 2.24) is 9.78 Å². The van der Waals surface area contributed by atoms with Crippen LogP contribution in [0.1, 0.15) is 12.6 Å². The van der Waals surface area contributed by atoms with E-state index in [0.717, 1.165) is 16.6 Å². The second-order valence-corrected chi connectivity index (χ2v) is 4.79. The molecule has 2 aromatic rings. The first-order valence-electron chi connectivity index (χ1n) is 6.21. The first kappa shape index (κ1) is 13.1. The van der Waals surface area contributed by atoms with Gasteiger partial charge in [0.2, 0.25) is 0 Å². The van der Waals surface area contributed by atoms with Gasteiger partial charge in [-0.1, -0.05) is 25.1 Å². The maximum Gasteiger partial charge on any atom is 0.0729 e. The number of aryl methyl sites for hydroxylation is 1. The summed E-state index contributed by atoms with van der Waals surface area (Å²) in [5.41, 5.74) is 2.04. The van der Waals surface area contributed by atoms with Crippen molar-refractivity contribution >= 4 is 10.9 Å². The third-order valence-corrected chi connectivity index (χ3v) is 3.32. The number of fused-ring (bicyclic) bond motifs is 1. The molecule has 0 saturated carbocycles. The van der Waals surface area contributed by atoms with Crippen LogP contribution in [0.4, 0.5) is 0 Å². The summed E-state index contributed by atoms with van der Waals surface area (Å²) in [5.74, 6) is 0.107. The fourth-order valence-corrected chi connectivity index (χ4v) is 2.21. The summed E-state index contributed by atoms with van der Waals surface area (Å²) in [5, 5.41) is 15.7. The predicted molar refractivity (Wildman–Crippen MR) is 71.5 cm³/mol. The van der Waals surface area contributed by atoms with Crippen molar-refractivity contribution in [1.29, 1.82) is 0 Å². The first-order valence-corrected chi connectivity index (χ1v) is 6.21. The lowest BCUT2D eigenvalue weighted by Crippen LogP contribution is -2.24. The fourth-order valence-electron chi connectivity index (χ4n) is 2.21. The second-order valence-electron chi connectivity index (χ2n) is 4.79. The maximum atomic E-state index is 10.1. The molecule has 0 aliphatic carbocycles. The fraction of sp³-hybridized carbons (Fsp3) is 0.500. The van der Waals surface area contributed by atoms with Crippen LogP contribution in [-0.2, 0) is 18.2 Å². The third kappa shape index (κ3) is 2.54. The molecule has 4 heteroatoms. The SMILES string of the molecule is COCC(C)C(O)Cc1nn(C)c2ccccc12. The minimum absolute atomic E-state index is 0.107. The number of aliphatic hydroxyl groups is 1. The molecule has 0 bridgehead atoms. The smallest absolute Gasteiger partial charge is 0.0729 e. The summed E-state index contributed by atoms with van der Waals surface area (Å²) in [7, 11) is 3.58. The number of ether oxygens (including phenoxy) is 1. The molecule has 1 aromatic carbocycles. The average Bonchev–Trinajstić information content (AvgIpc) is 2.67. The van der Waals surface area contributed by atoms with Gasteiger partial charge in [0.05, 0.1) is 23.9 Å². The molecule has 0 aliphatic heterocycles. The molecule has 0 spiro atoms. The molecular weight excluding hydrogens is 228 g/mol. The van der Waals surface area contributed by atoms with Gasteiger partial charge < -0.3 is 9.84 Å². The van der Waals surface area contributed by atoms with Gasteiger partial charge in [0.15, 0.2) is 0 Å². The lowest BCUT2D eigenvalue weighted by Gasteiger charge is -2.16. The van der Waals surface area contributed by atoms with Crippen LogP contribution < -0.4 is 0 Å². The van der Waals surface area contributed by atoms with Crippen molar-refractivity contribution in [2.75, 3.05) is 13.7 Å². The first-order chi connectivity index (χ1) is 8.63. The molecule has 2 unspecified atom stereocenters. The zero-order chi connectivity index (χ0) is 13.1. The number of hydrogen-bond acceptors (Lipinski definition) is 3. The standard InChI is InChI=1S/C14H20N2O2/c1-10(9-18-3)14(17)8-12-11-6-4-5-7-13(11)16(2)15-12/h4-7,10,14,17H,8-9H2,1-3H3. The second kappa shape index (κ2) is 5.50. The third-order valence-electron chi connectivity index (χ3n) is 3.32. The van der Waals surface area contributed by atoms with Gasteiger partial charge in [-0.3, -0.25) is 4.68 Å². The Labute approximate surface area is 107 Å². The summed E-state index contributed by atoms with van der Waals surface area (Å²) < 4.78 is 6.93. The minimum atomic E-state index is -0.428. The molecule has 0 amide bonds. The van der Waals surface area contributed by atoms with E-state index >= 15 is 0 Å². The van der Waals surface area contributed by atoms with Crippen LogP contribution in [0.5, 0.6) is 0 Å². The van der Waals surface area contributed by atoms with E-state index in [1.54, 1.807) is 7.11 Å². The molecule has 1 aromatic heterocycles. The Bertz CT molecular complexity index is 521. The summed E-state index contributed by atoms with van der Waals surface area (Å²) in [6.07, 6.45) is 0.134. The van der Waals surface area contributed by atoms with E-state index in [4.69, 9.17) is 4.74 Å². The molecule has 98 valence electrons. The highest BCUT2D eigenvalue weighted by molar-refractivity contribution is 5.81. The van der Waals surface area contributed by atoms with Crippen LogP contribution in [0.2, 0.25) is 0 Å². The Kier molecular flexibility index (Phi) is 3.99. The monoisotopic (exact) mass is 248 g/mol. The van der Waals surface area contributed by atoms with E-state index in [9.17, 15) is 5.11 Å². The number of hydrogen-bond donors (Lipinski definition) is 1. The lowest BCUT2D eigenvalue weighted by molar-refractivity contribution is 0.0570. The lowest BCUT2D eigenvalue weighted by atomic mass is 10.00. The van der Waals surface area contributed by atoms with Crippen LogP contribution in [0.3, 0.4) is 0 Å². The van der Waals surface area contributed by atoms with Crippen LogP contribution >= 0.6 is 0 Å². The van der Waals surface area contributed by atoms with E-state index in [1.807, 2.05) is 42.9 Å². The van der Waals surface area contributed by atoms with Crippen molar-refractivity contribution in [2.24, 2.45) is 13.0 Å². The van der Waals surface area contributed by atoms with Crippen LogP contribution in [-0.4, -0.2) is 34.7 Å². The minimum Gasteiger partial charge on any atom is -0.392 e. The molecule has 0 saturated heterocycles. The highest BCUT2D eigenvalue weighted by Gasteiger charge is 2.18. The van der Waals surface area contributed by atoms with Gasteiger partial charge >= 0.3 is 0 Å². The Morgan fingerprint density at radius 2 is 2.11 bits per heavy atom. The molecule has 0 aliphatic rings. The zero-order valence-corrected chi connectivity index (χ0v) is 11.1. The summed E-state index contributed by atoms with van der Waals surface area (Å²) in [4.78, 5) is 0. The number of aromatic nitrogens is 2. The Morgan fingerprint density at radius 3 is 2.83 bits per heavy atom. The highest BCUT2D eigenvalue weighted by atomic mass is 16.5. The Morgan fingerprint density at radius 1 is 1.39 bits per heavy atom. The molecule has 2 rings (SSSR count). The number of methoxy groups -OCH3 is 1. The van der Waals surface area contributed by atoms with E-state index in [0.29, 0.717) is 13.0 Å². The summed E-state index contributed by atoms with van der Waals surface area (Å²) in [6, 6.07) is 8.08. The van der Waals surface area contributed by atoms with Gasteiger partial charge in [-0.05, 0) is 6.07 Å². The number of rotatable bonds is 5. The van der Waals surface area contributed by atoms with Gasteiger partial charge in [0.25, 0.3) is 0 Å². The quantitative estimate of drug-likeness (QED) is 0.877. The van der Waals surface area contributed by atoms with E-state index in [1.165, 1.54) is 0 Å². The number of para-hydroxylation sites is 1.